The van der Waals surface area contributed by atoms with E-state index in [2.05, 4.69) is 36.2 Å². The standard InChI is InChI=1S/C14H16ClN5/c1-14(2,3)18-8-10-4-5-11(6-12(10)15)20-9-17-13(7-16)19-20/h4-6,9,18H,8H2,1-3H3. The van der Waals surface area contributed by atoms with Crippen molar-refractivity contribution in [3.63, 3.8) is 0 Å². The fraction of sp³-hybridized carbons (Fsp3) is 0.357. The fourth-order valence-corrected chi connectivity index (χ4v) is 1.86. The molecule has 0 unspecified atom stereocenters. The second-order valence-electron chi connectivity index (χ2n) is 5.50. The van der Waals surface area contributed by atoms with Crippen LogP contribution >= 0.6 is 11.6 Å². The van der Waals surface area contributed by atoms with Crippen molar-refractivity contribution < 1.29 is 0 Å². The van der Waals surface area contributed by atoms with Crippen LogP contribution in [0.2, 0.25) is 5.02 Å². The predicted molar refractivity (Wildman–Crippen MR) is 77.7 cm³/mol. The van der Waals surface area contributed by atoms with Gasteiger partial charge in [-0.05, 0) is 38.5 Å². The molecule has 0 spiro atoms. The molecule has 0 amide bonds. The van der Waals surface area contributed by atoms with Gasteiger partial charge in [0.25, 0.3) is 5.82 Å². The lowest BCUT2D eigenvalue weighted by atomic mass is 10.1. The number of hydrogen-bond acceptors (Lipinski definition) is 4. The van der Waals surface area contributed by atoms with Gasteiger partial charge in [0, 0.05) is 17.1 Å². The Morgan fingerprint density at radius 2 is 2.15 bits per heavy atom. The Morgan fingerprint density at radius 3 is 2.70 bits per heavy atom. The van der Waals surface area contributed by atoms with Gasteiger partial charge in [-0.2, -0.15) is 5.26 Å². The Labute approximate surface area is 123 Å². The van der Waals surface area contributed by atoms with Crippen LogP contribution in [-0.4, -0.2) is 20.3 Å². The largest absolute Gasteiger partial charge is 0.308 e. The van der Waals surface area contributed by atoms with Gasteiger partial charge in [-0.1, -0.05) is 17.7 Å². The van der Waals surface area contributed by atoms with Gasteiger partial charge in [0.2, 0.25) is 0 Å². The number of halogens is 1. The summed E-state index contributed by atoms with van der Waals surface area (Å²) in [6.07, 6.45) is 1.50. The molecule has 2 rings (SSSR count). The Morgan fingerprint density at radius 1 is 1.40 bits per heavy atom. The molecule has 0 fully saturated rings. The lowest BCUT2D eigenvalue weighted by Crippen LogP contribution is -2.35. The topological polar surface area (TPSA) is 66.5 Å². The molecule has 0 aliphatic carbocycles. The van der Waals surface area contributed by atoms with Crippen molar-refractivity contribution in [3.05, 3.63) is 40.9 Å². The Balaban J connectivity index is 2.19. The van der Waals surface area contributed by atoms with E-state index in [9.17, 15) is 0 Å². The van der Waals surface area contributed by atoms with E-state index in [1.807, 2.05) is 24.3 Å². The summed E-state index contributed by atoms with van der Waals surface area (Å²) < 4.78 is 1.53. The summed E-state index contributed by atoms with van der Waals surface area (Å²) in [7, 11) is 0. The van der Waals surface area contributed by atoms with Gasteiger partial charge in [0.15, 0.2) is 0 Å². The maximum absolute atomic E-state index is 8.72. The molecule has 0 bridgehead atoms. The van der Waals surface area contributed by atoms with Gasteiger partial charge >= 0.3 is 0 Å². The highest BCUT2D eigenvalue weighted by molar-refractivity contribution is 6.31. The van der Waals surface area contributed by atoms with Crippen LogP contribution in [0.15, 0.2) is 24.5 Å². The first-order valence-corrected chi connectivity index (χ1v) is 6.62. The second-order valence-corrected chi connectivity index (χ2v) is 5.91. The van der Waals surface area contributed by atoms with Crippen LogP contribution < -0.4 is 5.32 Å². The predicted octanol–water partition coefficient (Wildman–Crippen LogP) is 2.68. The third-order valence-corrected chi connectivity index (χ3v) is 3.05. The molecular formula is C14H16ClN5. The summed E-state index contributed by atoms with van der Waals surface area (Å²) in [5.41, 5.74) is 1.84. The minimum Gasteiger partial charge on any atom is -0.308 e. The van der Waals surface area contributed by atoms with Gasteiger partial charge in [-0.25, -0.2) is 9.67 Å². The van der Waals surface area contributed by atoms with E-state index in [4.69, 9.17) is 16.9 Å². The molecule has 0 atom stereocenters. The first-order chi connectivity index (χ1) is 9.39. The van der Waals surface area contributed by atoms with Crippen LogP contribution in [0.4, 0.5) is 0 Å². The Bertz CT molecular complexity index is 648. The van der Waals surface area contributed by atoms with Gasteiger partial charge in [0.1, 0.15) is 12.4 Å². The minimum atomic E-state index is 0.0373. The number of nitriles is 1. The van der Waals surface area contributed by atoms with E-state index in [1.165, 1.54) is 11.0 Å². The van der Waals surface area contributed by atoms with Crippen LogP contribution in [0.3, 0.4) is 0 Å². The minimum absolute atomic E-state index is 0.0373. The van der Waals surface area contributed by atoms with Gasteiger partial charge in [-0.3, -0.25) is 0 Å². The molecule has 0 radical (unpaired) electrons. The summed E-state index contributed by atoms with van der Waals surface area (Å²) in [5.74, 6) is 0.139. The molecule has 1 heterocycles. The van der Waals surface area contributed by atoms with Crippen LogP contribution in [0.25, 0.3) is 5.69 Å². The molecule has 0 aliphatic heterocycles. The van der Waals surface area contributed by atoms with E-state index in [0.717, 1.165) is 11.3 Å². The highest BCUT2D eigenvalue weighted by Crippen LogP contribution is 2.20. The first kappa shape index (κ1) is 14.5. The molecule has 0 saturated heterocycles. The van der Waals surface area contributed by atoms with E-state index in [-0.39, 0.29) is 11.4 Å². The number of nitrogens with one attached hydrogen (secondary N) is 1. The van der Waals surface area contributed by atoms with Crippen molar-refractivity contribution in [2.45, 2.75) is 32.9 Å². The summed E-state index contributed by atoms with van der Waals surface area (Å²) in [5, 5.41) is 16.8. The lowest BCUT2D eigenvalue weighted by Gasteiger charge is -2.21. The van der Waals surface area contributed by atoms with Crippen molar-refractivity contribution in [1.29, 1.82) is 5.26 Å². The van der Waals surface area contributed by atoms with Crippen molar-refractivity contribution in [3.8, 4) is 11.8 Å². The zero-order valence-corrected chi connectivity index (χ0v) is 12.4. The molecule has 1 aromatic heterocycles. The average Bonchev–Trinajstić information content (AvgIpc) is 2.85. The molecule has 0 aliphatic rings. The Hall–Kier alpha value is -1.90. The molecule has 6 heteroatoms. The lowest BCUT2D eigenvalue weighted by molar-refractivity contribution is 0.424. The zero-order chi connectivity index (χ0) is 14.8. The first-order valence-electron chi connectivity index (χ1n) is 6.24. The number of hydrogen-bond donors (Lipinski definition) is 1. The number of benzene rings is 1. The number of nitrogens with zero attached hydrogens (tertiary/aromatic N) is 4. The molecular weight excluding hydrogens is 274 g/mol. The third-order valence-electron chi connectivity index (χ3n) is 2.70. The van der Waals surface area contributed by atoms with Crippen molar-refractivity contribution in [2.75, 3.05) is 0 Å². The summed E-state index contributed by atoms with van der Waals surface area (Å²) >= 11 is 6.28. The van der Waals surface area contributed by atoms with E-state index in [0.29, 0.717) is 11.6 Å². The van der Waals surface area contributed by atoms with Crippen LogP contribution in [0.1, 0.15) is 32.2 Å². The van der Waals surface area contributed by atoms with E-state index < -0.39 is 0 Å². The molecule has 1 N–H and O–H groups in total. The highest BCUT2D eigenvalue weighted by Gasteiger charge is 2.11. The second kappa shape index (κ2) is 5.61. The number of aromatic nitrogens is 3. The van der Waals surface area contributed by atoms with Gasteiger partial charge in [0.05, 0.1) is 5.69 Å². The summed E-state index contributed by atoms with van der Waals surface area (Å²) in [4.78, 5) is 3.87. The number of rotatable bonds is 3. The van der Waals surface area contributed by atoms with Crippen molar-refractivity contribution >= 4 is 11.6 Å². The van der Waals surface area contributed by atoms with E-state index in [1.54, 1.807) is 0 Å². The third kappa shape index (κ3) is 3.56. The summed E-state index contributed by atoms with van der Waals surface area (Å²) in [6.45, 7) is 7.01. The highest BCUT2D eigenvalue weighted by atomic mass is 35.5. The molecule has 5 nitrogen and oxygen atoms in total. The normalized spacial score (nSPS) is 11.3. The maximum atomic E-state index is 8.72. The van der Waals surface area contributed by atoms with Gasteiger partial charge in [-0.15, -0.1) is 5.10 Å². The summed E-state index contributed by atoms with van der Waals surface area (Å²) in [6, 6.07) is 7.56. The molecule has 2 aromatic rings. The van der Waals surface area contributed by atoms with Crippen molar-refractivity contribution in [1.82, 2.24) is 20.1 Å². The maximum Gasteiger partial charge on any atom is 0.252 e. The van der Waals surface area contributed by atoms with Crippen LogP contribution in [0, 0.1) is 11.3 Å². The monoisotopic (exact) mass is 289 g/mol. The average molecular weight is 290 g/mol. The molecule has 20 heavy (non-hydrogen) atoms. The SMILES string of the molecule is CC(C)(C)NCc1ccc(-n2cnc(C#N)n2)cc1Cl. The Kier molecular flexibility index (Phi) is 4.07. The zero-order valence-electron chi connectivity index (χ0n) is 11.7. The molecule has 1 aromatic carbocycles. The van der Waals surface area contributed by atoms with E-state index >= 15 is 0 Å². The molecule has 0 saturated carbocycles. The molecule has 104 valence electrons. The quantitative estimate of drug-likeness (QED) is 0.943. The van der Waals surface area contributed by atoms with Gasteiger partial charge < -0.3 is 5.32 Å². The van der Waals surface area contributed by atoms with Crippen LogP contribution in [-0.2, 0) is 6.54 Å². The fourth-order valence-electron chi connectivity index (χ4n) is 1.62. The van der Waals surface area contributed by atoms with Crippen molar-refractivity contribution in [2.24, 2.45) is 0 Å². The van der Waals surface area contributed by atoms with Crippen LogP contribution in [0.5, 0.6) is 0 Å². The smallest absolute Gasteiger partial charge is 0.252 e.